The molecule has 3 N–H and O–H groups in total. The second-order valence-corrected chi connectivity index (χ2v) is 19.6. The molecule has 0 radical (unpaired) electrons. The van der Waals surface area contributed by atoms with Crippen LogP contribution in [0.1, 0.15) is 12.5 Å². The lowest BCUT2D eigenvalue weighted by atomic mass is 10.1. The molecule has 0 spiro atoms. The van der Waals surface area contributed by atoms with Gasteiger partial charge in [0.15, 0.2) is 58.8 Å². The van der Waals surface area contributed by atoms with Crippen molar-refractivity contribution in [3.63, 3.8) is 0 Å². The van der Waals surface area contributed by atoms with Crippen LogP contribution < -0.4 is 10.6 Å². The van der Waals surface area contributed by atoms with Crippen molar-refractivity contribution in [3.05, 3.63) is 25.3 Å². The third kappa shape index (κ3) is 10.0. The lowest BCUT2D eigenvalue weighted by Gasteiger charge is -2.29. The lowest BCUT2D eigenvalue weighted by Crippen LogP contribution is -2.37. The number of hydrogen-bond donors (Lipinski definition) is 4. The van der Waals surface area contributed by atoms with Gasteiger partial charge < -0.3 is 38.2 Å². The molecule has 0 bridgehead atoms. The largest absolute Gasteiger partial charge is 0.448 e. The Morgan fingerprint density at radius 3 is 1.73 bits per heavy atom. The van der Waals surface area contributed by atoms with Gasteiger partial charge in [0.2, 0.25) is 0 Å². The SMILES string of the molecule is CN(C)CCOC(=O)Nc1ncnc2c1ncn2[C@@H]1O[C@@H]2COP(O)(=S)O[C@H]3[C@@H](F)[C@H](n4cnc5c(NC(=O)OCCN(C)C)ncnc54)O[C@@H]3COP(=O)(S)O[C@H]2[C@H]1F. The third-order valence-corrected chi connectivity index (χ3v) is 12.3. The van der Waals surface area contributed by atoms with Crippen LogP contribution in [0.3, 0.4) is 0 Å². The van der Waals surface area contributed by atoms with Crippen molar-refractivity contribution in [2.45, 2.75) is 49.2 Å². The first-order chi connectivity index (χ1) is 28.5. The van der Waals surface area contributed by atoms with Crippen molar-refractivity contribution in [2.75, 3.05) is 78.3 Å². The summed E-state index contributed by atoms with van der Waals surface area (Å²) in [6.07, 6.45) is -10.7. The van der Waals surface area contributed by atoms with E-state index in [1.165, 1.54) is 21.8 Å². The minimum Gasteiger partial charge on any atom is -0.448 e. The van der Waals surface area contributed by atoms with Crippen molar-refractivity contribution >= 4 is 83.7 Å². The zero-order valence-electron chi connectivity index (χ0n) is 32.1. The summed E-state index contributed by atoms with van der Waals surface area (Å²) in [5, 5.41) is 4.95. The molecule has 10 atom stereocenters. The average Bonchev–Trinajstić information content (AvgIpc) is 3.94. The molecular weight excluding hydrogens is 884 g/mol. The monoisotopic (exact) mass is 924 g/mol. The lowest BCUT2D eigenvalue weighted by molar-refractivity contribution is -0.0564. The topological polar surface area (TPSA) is 263 Å². The number of aromatic nitrogens is 8. The quantitative estimate of drug-likeness (QED) is 0.131. The predicted molar refractivity (Wildman–Crippen MR) is 210 cm³/mol. The molecule has 60 heavy (non-hydrogen) atoms. The van der Waals surface area contributed by atoms with Gasteiger partial charge in [0.05, 0.1) is 25.9 Å². The van der Waals surface area contributed by atoms with Crippen molar-refractivity contribution < 1.29 is 64.9 Å². The van der Waals surface area contributed by atoms with Crippen LogP contribution in [0.4, 0.5) is 30.0 Å². The second-order valence-electron chi connectivity index (χ2n) is 13.9. The Morgan fingerprint density at radius 2 is 1.27 bits per heavy atom. The highest BCUT2D eigenvalue weighted by Gasteiger charge is 2.54. The van der Waals surface area contributed by atoms with Crippen LogP contribution in [0, 0.1) is 0 Å². The van der Waals surface area contributed by atoms with E-state index in [4.69, 9.17) is 48.8 Å². The van der Waals surface area contributed by atoms with Gasteiger partial charge in [-0.05, 0) is 40.0 Å². The van der Waals surface area contributed by atoms with E-state index in [9.17, 15) is 19.0 Å². The first-order valence-electron chi connectivity index (χ1n) is 17.9. The number of carbonyl (C=O) groups excluding carboxylic acids is 2. The molecule has 3 saturated heterocycles. The molecule has 24 nitrogen and oxygen atoms in total. The summed E-state index contributed by atoms with van der Waals surface area (Å²) < 4.78 is 93.4. The Hall–Kier alpha value is -3.63. The standard InChI is InChI=1S/C30H40F2N12O12P2S2/c1-41(2)5-7-49-29(45)39-23-19-25(35-11-33-23)43(13-37-19)27-17(31)21-15(53-27)9-51-58(48,60)56-22-16(10-52-57(47,59)55-21)54-28(18(22)32)44-14-38-20-24(34-12-36-26(20)44)40-30(46)50-8-6-42(3)4/h11-18,21-22,27-28H,5-10H2,1-4H3,(H,47,59)(H,48,60)(H,33,35,39,45)(H,34,36,40,46)/t15-,16-,17-,18-,21-,22-,27-,28-,57?,58?/m1/s1. The van der Waals surface area contributed by atoms with Crippen LogP contribution in [0.25, 0.3) is 22.3 Å². The zero-order chi connectivity index (χ0) is 42.9. The molecule has 3 aliphatic rings. The van der Waals surface area contributed by atoms with Crippen LogP contribution in [-0.2, 0) is 53.4 Å². The van der Waals surface area contributed by atoms with E-state index in [0.717, 1.165) is 12.7 Å². The van der Waals surface area contributed by atoms with Crippen molar-refractivity contribution in [3.8, 4) is 0 Å². The summed E-state index contributed by atoms with van der Waals surface area (Å²) in [6, 6.07) is 0. The number of carbonyl (C=O) groups is 2. The van der Waals surface area contributed by atoms with Gasteiger partial charge in [0.25, 0.3) is 0 Å². The smallest absolute Gasteiger partial charge is 0.412 e. The molecule has 328 valence electrons. The second kappa shape index (κ2) is 18.4. The van der Waals surface area contributed by atoms with Crippen molar-refractivity contribution in [1.29, 1.82) is 0 Å². The Labute approximate surface area is 349 Å². The molecular formula is C30H40F2N12O12P2S2. The maximum absolute atomic E-state index is 16.4. The molecule has 3 fully saturated rings. The van der Waals surface area contributed by atoms with Crippen LogP contribution in [0.2, 0.25) is 0 Å². The van der Waals surface area contributed by atoms with Gasteiger partial charge in [0.1, 0.15) is 50.3 Å². The van der Waals surface area contributed by atoms with Gasteiger partial charge in [-0.1, -0.05) is 12.2 Å². The minimum absolute atomic E-state index is 0.0247. The highest BCUT2D eigenvalue weighted by atomic mass is 32.7. The number of nitrogens with one attached hydrogen (secondary N) is 2. The van der Waals surface area contributed by atoms with Gasteiger partial charge in [0, 0.05) is 13.1 Å². The molecule has 2 unspecified atom stereocenters. The van der Waals surface area contributed by atoms with E-state index in [0.29, 0.717) is 13.1 Å². The molecule has 30 heteroatoms. The normalized spacial score (nSPS) is 31.1. The number of imidazole rings is 2. The van der Waals surface area contributed by atoms with E-state index in [-0.39, 0.29) is 47.2 Å². The van der Waals surface area contributed by atoms with Crippen LogP contribution in [0.15, 0.2) is 25.3 Å². The summed E-state index contributed by atoms with van der Waals surface area (Å²) in [5.74, 6) is -0.0729. The maximum Gasteiger partial charge on any atom is 0.412 e. The number of fused-ring (bicyclic) bond motifs is 4. The van der Waals surface area contributed by atoms with Gasteiger partial charge in [-0.25, -0.2) is 52.8 Å². The highest BCUT2D eigenvalue weighted by Crippen LogP contribution is 2.58. The summed E-state index contributed by atoms with van der Waals surface area (Å²) in [4.78, 5) is 64.4. The minimum atomic E-state index is -4.52. The van der Waals surface area contributed by atoms with Crippen molar-refractivity contribution in [1.82, 2.24) is 48.8 Å². The first-order valence-corrected chi connectivity index (χ1v) is 23.2. The Balaban J connectivity index is 1.07. The molecule has 0 saturated carbocycles. The Morgan fingerprint density at radius 1 is 0.817 bits per heavy atom. The molecule has 0 aromatic carbocycles. The fraction of sp³-hybridized carbons (Fsp3) is 0.600. The average molecular weight is 925 g/mol. The third-order valence-electron chi connectivity index (χ3n) is 9.10. The zero-order valence-corrected chi connectivity index (χ0v) is 35.6. The van der Waals surface area contributed by atoms with Crippen LogP contribution in [-0.4, -0.2) is 170 Å². The number of amides is 2. The fourth-order valence-electron chi connectivity index (χ4n) is 6.23. The van der Waals surface area contributed by atoms with Crippen LogP contribution >= 0.6 is 25.8 Å². The molecule has 3 aliphatic heterocycles. The molecule has 4 aromatic rings. The number of halogens is 2. The number of likely N-dealkylation sites (N-methyl/N-ethyl adjacent to an activating group) is 2. The molecule has 7 heterocycles. The number of nitrogens with zero attached hydrogens (tertiary/aromatic N) is 10. The molecule has 0 aliphatic carbocycles. The van der Waals surface area contributed by atoms with Gasteiger partial charge in [-0.2, -0.15) is 0 Å². The summed E-state index contributed by atoms with van der Waals surface area (Å²) >= 11 is 9.29. The molecule has 2 amide bonds. The number of ether oxygens (including phenoxy) is 4. The number of thiol groups is 1. The van der Waals surface area contributed by atoms with E-state index in [2.05, 4.69) is 52.8 Å². The van der Waals surface area contributed by atoms with Crippen LogP contribution in [0.5, 0.6) is 0 Å². The van der Waals surface area contributed by atoms with Gasteiger partial charge >= 0.3 is 25.7 Å². The molecule has 4 aromatic heterocycles. The van der Waals surface area contributed by atoms with E-state index in [1.54, 1.807) is 0 Å². The van der Waals surface area contributed by atoms with E-state index < -0.39 is 88.1 Å². The summed E-state index contributed by atoms with van der Waals surface area (Å²) in [5.41, 5.74) is 0.160. The Kier molecular flexibility index (Phi) is 13.6. The molecule has 7 rings (SSSR count). The highest BCUT2D eigenvalue weighted by molar-refractivity contribution is 8.44. The van der Waals surface area contributed by atoms with Gasteiger partial charge in [-0.15, -0.1) is 0 Å². The maximum atomic E-state index is 16.4. The summed E-state index contributed by atoms with van der Waals surface area (Å²) in [6.45, 7) is -9.20. The van der Waals surface area contributed by atoms with Crippen molar-refractivity contribution in [2.24, 2.45) is 0 Å². The Bertz CT molecular complexity index is 2140. The number of hydrogen-bond acceptors (Lipinski definition) is 20. The summed E-state index contributed by atoms with van der Waals surface area (Å²) in [7, 11) is 7.25. The number of anilines is 2. The van der Waals surface area contributed by atoms with E-state index >= 15 is 8.78 Å². The first kappa shape index (κ1) is 44.4. The number of rotatable bonds is 10. The van der Waals surface area contributed by atoms with Gasteiger partial charge in [-0.3, -0.25) is 33.3 Å². The number of alkyl halides is 2. The predicted octanol–water partition coefficient (Wildman–Crippen LogP) is 2.43. The fourth-order valence-corrected chi connectivity index (χ4v) is 9.15. The van der Waals surface area contributed by atoms with E-state index in [1.807, 2.05) is 38.0 Å².